The Bertz CT molecular complexity index is 824. The summed E-state index contributed by atoms with van der Waals surface area (Å²) in [4.78, 5) is 11.1. The van der Waals surface area contributed by atoms with Crippen molar-refractivity contribution in [2.45, 2.75) is 85.5 Å². The molecule has 31 heavy (non-hydrogen) atoms. The lowest BCUT2D eigenvalue weighted by Gasteiger charge is -2.32. The zero-order chi connectivity index (χ0) is 23.8. The van der Waals surface area contributed by atoms with Gasteiger partial charge in [-0.25, -0.2) is 8.78 Å². The van der Waals surface area contributed by atoms with E-state index in [1.807, 2.05) is 0 Å². The van der Waals surface area contributed by atoms with Crippen LogP contribution in [0.2, 0.25) is 0 Å². The van der Waals surface area contributed by atoms with Crippen LogP contribution < -0.4 is 5.73 Å². The lowest BCUT2D eigenvalue weighted by molar-refractivity contribution is -0.114. The molecule has 1 atom stereocenters. The third-order valence-electron chi connectivity index (χ3n) is 6.71. The standard InChI is InChI=1S/C15H22.C12H17F2NO/c1-12-7-6-8-14(11-12)13(2)15(3)9-4-5-10-15;1-5-6-7-10(11(15)16)8(2)9(3)12(4,13)14/h6-8,11,13H,4-5,9-10H2,1-3H3;5,7H,1,6H2,2-4H3,(H2,15,16)/b;9-8+,10-7+. The molecule has 1 aliphatic carbocycles. The Kier molecular flexibility index (Phi) is 9.86. The van der Waals surface area contributed by atoms with E-state index in [-0.39, 0.29) is 16.7 Å². The Morgan fingerprint density at radius 1 is 1.29 bits per heavy atom. The number of halogens is 2. The Labute approximate surface area is 187 Å². The molecule has 0 heterocycles. The number of hydrogen-bond donors (Lipinski definition) is 1. The number of amides is 1. The first kappa shape index (κ1) is 26.8. The van der Waals surface area contributed by atoms with Crippen molar-refractivity contribution in [3.05, 3.63) is 70.8 Å². The van der Waals surface area contributed by atoms with Crippen molar-refractivity contribution >= 4 is 5.91 Å². The summed E-state index contributed by atoms with van der Waals surface area (Å²) in [6.07, 6.45) is 9.14. The van der Waals surface area contributed by atoms with Crippen LogP contribution in [0.15, 0.2) is 59.7 Å². The Morgan fingerprint density at radius 3 is 2.32 bits per heavy atom. The van der Waals surface area contributed by atoms with Gasteiger partial charge in [0, 0.05) is 12.5 Å². The number of allylic oxidation sites excluding steroid dienone is 3. The smallest absolute Gasteiger partial charge is 0.266 e. The Balaban J connectivity index is 0.000000310. The number of benzene rings is 1. The molecule has 0 aliphatic heterocycles. The summed E-state index contributed by atoms with van der Waals surface area (Å²) in [7, 11) is 0. The third-order valence-corrected chi connectivity index (χ3v) is 6.71. The van der Waals surface area contributed by atoms with E-state index in [1.165, 1.54) is 56.7 Å². The quantitative estimate of drug-likeness (QED) is 0.269. The lowest BCUT2D eigenvalue weighted by atomic mass is 9.73. The summed E-state index contributed by atoms with van der Waals surface area (Å²) < 4.78 is 26.1. The van der Waals surface area contributed by atoms with Crippen molar-refractivity contribution in [1.82, 2.24) is 0 Å². The van der Waals surface area contributed by atoms with Crippen molar-refractivity contribution in [2.75, 3.05) is 0 Å². The van der Waals surface area contributed by atoms with Crippen LogP contribution in [0.4, 0.5) is 8.78 Å². The van der Waals surface area contributed by atoms with Crippen LogP contribution in [-0.2, 0) is 4.79 Å². The van der Waals surface area contributed by atoms with Gasteiger partial charge in [0.05, 0.1) is 0 Å². The first-order valence-electron chi connectivity index (χ1n) is 11.1. The highest BCUT2D eigenvalue weighted by Gasteiger charge is 2.34. The summed E-state index contributed by atoms with van der Waals surface area (Å²) in [5.41, 5.74) is 8.80. The molecular weight excluding hydrogens is 392 g/mol. The molecule has 1 amide bonds. The van der Waals surface area contributed by atoms with E-state index in [1.54, 1.807) is 6.08 Å². The van der Waals surface area contributed by atoms with Gasteiger partial charge >= 0.3 is 0 Å². The second kappa shape index (κ2) is 11.4. The van der Waals surface area contributed by atoms with Crippen molar-refractivity contribution in [3.8, 4) is 0 Å². The number of alkyl halides is 2. The maximum absolute atomic E-state index is 13.1. The van der Waals surface area contributed by atoms with E-state index >= 15 is 0 Å². The van der Waals surface area contributed by atoms with E-state index in [0.29, 0.717) is 17.8 Å². The summed E-state index contributed by atoms with van der Waals surface area (Å²) in [6, 6.07) is 9.03. The minimum atomic E-state index is -2.95. The van der Waals surface area contributed by atoms with Crippen LogP contribution in [0.25, 0.3) is 0 Å². The van der Waals surface area contributed by atoms with Gasteiger partial charge < -0.3 is 5.73 Å². The Hall–Kier alpha value is -2.23. The number of aryl methyl sites for hydroxylation is 1. The highest BCUT2D eigenvalue weighted by molar-refractivity contribution is 5.96. The molecule has 0 aromatic heterocycles. The number of nitrogens with two attached hydrogens (primary N) is 1. The summed E-state index contributed by atoms with van der Waals surface area (Å²) in [5, 5.41) is 0. The van der Waals surface area contributed by atoms with E-state index in [2.05, 4.69) is 51.6 Å². The fourth-order valence-electron chi connectivity index (χ4n) is 4.13. The highest BCUT2D eigenvalue weighted by Crippen LogP contribution is 2.48. The Morgan fingerprint density at radius 2 is 1.87 bits per heavy atom. The molecule has 2 rings (SSSR count). The van der Waals surface area contributed by atoms with Gasteiger partial charge in [-0.05, 0) is 68.1 Å². The maximum atomic E-state index is 13.1. The monoisotopic (exact) mass is 431 g/mol. The maximum Gasteiger partial charge on any atom is 0.266 e. The van der Waals surface area contributed by atoms with Gasteiger partial charge in [0.25, 0.3) is 5.92 Å². The molecule has 1 saturated carbocycles. The molecule has 1 aliphatic rings. The molecule has 0 saturated heterocycles. The predicted molar refractivity (Wildman–Crippen MR) is 127 cm³/mol. The molecule has 4 heteroatoms. The highest BCUT2D eigenvalue weighted by atomic mass is 19.3. The van der Waals surface area contributed by atoms with Gasteiger partial charge in [0.15, 0.2) is 0 Å². The van der Waals surface area contributed by atoms with Crippen LogP contribution in [0.3, 0.4) is 0 Å². The minimum absolute atomic E-state index is 0.124. The van der Waals surface area contributed by atoms with Crippen molar-refractivity contribution in [1.29, 1.82) is 0 Å². The minimum Gasteiger partial charge on any atom is -0.366 e. The molecule has 1 aromatic carbocycles. The lowest BCUT2D eigenvalue weighted by Crippen LogP contribution is -2.19. The molecule has 1 aromatic rings. The summed E-state index contributed by atoms with van der Waals surface area (Å²) in [6.45, 7) is 14.1. The van der Waals surface area contributed by atoms with Crippen LogP contribution in [0, 0.1) is 12.3 Å². The topological polar surface area (TPSA) is 43.1 Å². The van der Waals surface area contributed by atoms with Gasteiger partial charge in [0.2, 0.25) is 5.91 Å². The molecule has 1 fully saturated rings. The normalized spacial score (nSPS) is 17.9. The zero-order valence-corrected chi connectivity index (χ0v) is 20.0. The van der Waals surface area contributed by atoms with Crippen molar-refractivity contribution < 1.29 is 13.6 Å². The average Bonchev–Trinajstić information content (AvgIpc) is 3.14. The van der Waals surface area contributed by atoms with Gasteiger partial charge in [-0.15, -0.1) is 6.58 Å². The van der Waals surface area contributed by atoms with E-state index in [0.717, 1.165) is 6.92 Å². The molecule has 0 bridgehead atoms. The van der Waals surface area contributed by atoms with Crippen LogP contribution >= 0.6 is 0 Å². The first-order chi connectivity index (χ1) is 14.3. The van der Waals surface area contributed by atoms with Gasteiger partial charge in [-0.1, -0.05) is 68.7 Å². The molecular formula is C27H39F2NO. The number of carbonyl (C=O) groups is 1. The average molecular weight is 432 g/mol. The van der Waals surface area contributed by atoms with E-state index < -0.39 is 11.8 Å². The first-order valence-corrected chi connectivity index (χ1v) is 11.1. The van der Waals surface area contributed by atoms with Gasteiger partial charge in [0.1, 0.15) is 0 Å². The number of hydrogen-bond acceptors (Lipinski definition) is 1. The van der Waals surface area contributed by atoms with Gasteiger partial charge in [-0.2, -0.15) is 0 Å². The fourth-order valence-corrected chi connectivity index (χ4v) is 4.13. The molecule has 0 radical (unpaired) electrons. The molecule has 1 unspecified atom stereocenters. The molecule has 0 spiro atoms. The van der Waals surface area contributed by atoms with Crippen LogP contribution in [-0.4, -0.2) is 11.8 Å². The van der Waals surface area contributed by atoms with Crippen molar-refractivity contribution in [3.63, 3.8) is 0 Å². The van der Waals surface area contributed by atoms with Crippen molar-refractivity contribution in [2.24, 2.45) is 11.1 Å². The SMILES string of the molecule is C=CC/C=C(C(N)=O)\C(C)=C(/C)C(C)(F)F.Cc1cccc(C(C)C2(C)CCCC2)c1. The van der Waals surface area contributed by atoms with E-state index in [9.17, 15) is 13.6 Å². The molecule has 2 N–H and O–H groups in total. The summed E-state index contributed by atoms with van der Waals surface area (Å²) >= 11 is 0. The largest absolute Gasteiger partial charge is 0.366 e. The number of rotatable bonds is 7. The van der Waals surface area contributed by atoms with E-state index in [4.69, 9.17) is 5.73 Å². The fraction of sp³-hybridized carbons (Fsp3) is 0.519. The number of carbonyl (C=O) groups excluding carboxylic acids is 1. The third kappa shape index (κ3) is 7.75. The second-order valence-electron chi connectivity index (χ2n) is 9.14. The second-order valence-corrected chi connectivity index (χ2v) is 9.14. The van der Waals surface area contributed by atoms with Crippen LogP contribution in [0.5, 0.6) is 0 Å². The zero-order valence-electron chi connectivity index (χ0n) is 20.0. The molecule has 2 nitrogen and oxygen atoms in total. The predicted octanol–water partition coefficient (Wildman–Crippen LogP) is 7.64. The summed E-state index contributed by atoms with van der Waals surface area (Å²) in [5.74, 6) is -2.95. The van der Waals surface area contributed by atoms with Crippen LogP contribution in [0.1, 0.15) is 83.8 Å². The van der Waals surface area contributed by atoms with Gasteiger partial charge in [-0.3, -0.25) is 4.79 Å². The number of primary amides is 1. The molecule has 172 valence electrons.